The number of likely N-dealkylation sites (tertiary alicyclic amines) is 1. The van der Waals surface area contributed by atoms with Gasteiger partial charge in [0.15, 0.2) is 17.5 Å². The lowest BCUT2D eigenvalue weighted by Crippen LogP contribution is -2.45. The molecule has 29 heavy (non-hydrogen) atoms. The van der Waals surface area contributed by atoms with E-state index in [4.69, 9.17) is 14.2 Å². The second-order valence-corrected chi connectivity index (χ2v) is 7.52. The van der Waals surface area contributed by atoms with Gasteiger partial charge in [0.1, 0.15) is 0 Å². The van der Waals surface area contributed by atoms with E-state index in [2.05, 4.69) is 20.5 Å². The highest BCUT2D eigenvalue weighted by Gasteiger charge is 2.30. The van der Waals surface area contributed by atoms with Crippen LogP contribution >= 0.6 is 24.0 Å². The van der Waals surface area contributed by atoms with Crippen LogP contribution in [0.2, 0.25) is 0 Å². The molecule has 0 amide bonds. The SMILES string of the molecule is CN=C(NCc1cc(OC)c(OC)c(OC)c1)NC1CCN(C2CCCC2)C1.I. The second-order valence-electron chi connectivity index (χ2n) is 7.52. The van der Waals surface area contributed by atoms with Crippen LogP contribution in [-0.2, 0) is 6.54 Å². The Hall–Kier alpha value is -1.42. The number of methoxy groups -OCH3 is 3. The van der Waals surface area contributed by atoms with E-state index >= 15 is 0 Å². The molecule has 1 saturated heterocycles. The minimum absolute atomic E-state index is 0. The Labute approximate surface area is 191 Å². The molecule has 164 valence electrons. The van der Waals surface area contributed by atoms with Crippen molar-refractivity contribution >= 4 is 29.9 Å². The highest BCUT2D eigenvalue weighted by atomic mass is 127. The molecular weight excluding hydrogens is 483 g/mol. The van der Waals surface area contributed by atoms with Gasteiger partial charge in [-0.2, -0.15) is 0 Å². The monoisotopic (exact) mass is 518 g/mol. The number of aliphatic imine (C=N–C) groups is 1. The fraction of sp³-hybridized carbons (Fsp3) is 0.667. The predicted octanol–water partition coefficient (Wildman–Crippen LogP) is 3.01. The van der Waals surface area contributed by atoms with Crippen LogP contribution in [0.3, 0.4) is 0 Å². The molecule has 2 N–H and O–H groups in total. The van der Waals surface area contributed by atoms with Crippen molar-refractivity contribution in [1.82, 2.24) is 15.5 Å². The van der Waals surface area contributed by atoms with E-state index < -0.39 is 0 Å². The number of nitrogens with one attached hydrogen (secondary N) is 2. The van der Waals surface area contributed by atoms with E-state index in [-0.39, 0.29) is 24.0 Å². The summed E-state index contributed by atoms with van der Waals surface area (Å²) in [7, 11) is 6.69. The maximum absolute atomic E-state index is 5.44. The highest BCUT2D eigenvalue weighted by molar-refractivity contribution is 14.0. The van der Waals surface area contributed by atoms with Gasteiger partial charge in [0.2, 0.25) is 5.75 Å². The molecule has 1 aliphatic heterocycles. The summed E-state index contributed by atoms with van der Waals surface area (Å²) in [4.78, 5) is 7.05. The van der Waals surface area contributed by atoms with E-state index in [1.807, 2.05) is 19.2 Å². The van der Waals surface area contributed by atoms with Crippen LogP contribution in [0, 0.1) is 0 Å². The zero-order valence-corrected chi connectivity index (χ0v) is 20.3. The van der Waals surface area contributed by atoms with Gasteiger partial charge >= 0.3 is 0 Å². The summed E-state index contributed by atoms with van der Waals surface area (Å²) >= 11 is 0. The third-order valence-electron chi connectivity index (χ3n) is 5.81. The molecule has 1 heterocycles. The Morgan fingerprint density at radius 2 is 1.72 bits per heavy atom. The summed E-state index contributed by atoms with van der Waals surface area (Å²) in [6.45, 7) is 2.91. The van der Waals surface area contributed by atoms with E-state index in [0.29, 0.717) is 29.8 Å². The molecule has 1 atom stereocenters. The first kappa shape index (κ1) is 23.9. The maximum atomic E-state index is 5.44. The van der Waals surface area contributed by atoms with Gasteiger partial charge < -0.3 is 24.8 Å². The van der Waals surface area contributed by atoms with Gasteiger partial charge in [-0.15, -0.1) is 24.0 Å². The Morgan fingerprint density at radius 3 is 2.28 bits per heavy atom. The van der Waals surface area contributed by atoms with E-state index in [9.17, 15) is 0 Å². The lowest BCUT2D eigenvalue weighted by Gasteiger charge is -2.24. The fourth-order valence-electron chi connectivity index (χ4n) is 4.32. The van der Waals surface area contributed by atoms with Crippen LogP contribution in [0.15, 0.2) is 17.1 Å². The first-order chi connectivity index (χ1) is 13.7. The van der Waals surface area contributed by atoms with Gasteiger partial charge in [-0.05, 0) is 37.0 Å². The largest absolute Gasteiger partial charge is 0.493 e. The number of hydrogen-bond acceptors (Lipinski definition) is 5. The topological polar surface area (TPSA) is 67.4 Å². The summed E-state index contributed by atoms with van der Waals surface area (Å²) in [6, 6.07) is 5.16. The van der Waals surface area contributed by atoms with Crippen LogP contribution in [0.25, 0.3) is 0 Å². The predicted molar refractivity (Wildman–Crippen MR) is 127 cm³/mol. The van der Waals surface area contributed by atoms with Crippen LogP contribution in [0.4, 0.5) is 0 Å². The Balaban J connectivity index is 0.00000300. The van der Waals surface area contributed by atoms with Gasteiger partial charge in [0.25, 0.3) is 0 Å². The average Bonchev–Trinajstić information content (AvgIpc) is 3.41. The summed E-state index contributed by atoms with van der Waals surface area (Å²) in [5, 5.41) is 6.98. The molecule has 8 heteroatoms. The molecule has 2 fully saturated rings. The number of hydrogen-bond donors (Lipinski definition) is 2. The average molecular weight is 518 g/mol. The Morgan fingerprint density at radius 1 is 1.07 bits per heavy atom. The van der Waals surface area contributed by atoms with Crippen molar-refractivity contribution in [2.45, 2.75) is 50.7 Å². The van der Waals surface area contributed by atoms with Gasteiger partial charge in [0, 0.05) is 38.8 Å². The maximum Gasteiger partial charge on any atom is 0.203 e. The van der Waals surface area contributed by atoms with Crippen molar-refractivity contribution in [2.75, 3.05) is 41.5 Å². The lowest BCUT2D eigenvalue weighted by molar-refractivity contribution is 0.242. The van der Waals surface area contributed by atoms with Crippen molar-refractivity contribution in [3.63, 3.8) is 0 Å². The molecule has 1 aromatic rings. The van der Waals surface area contributed by atoms with Crippen molar-refractivity contribution < 1.29 is 14.2 Å². The number of rotatable bonds is 7. The number of nitrogens with zero attached hydrogens (tertiary/aromatic N) is 2. The number of halogens is 1. The van der Waals surface area contributed by atoms with Crippen molar-refractivity contribution in [2.24, 2.45) is 4.99 Å². The number of benzene rings is 1. The highest BCUT2D eigenvalue weighted by Crippen LogP contribution is 2.38. The van der Waals surface area contributed by atoms with Crippen LogP contribution in [0.1, 0.15) is 37.7 Å². The third kappa shape index (κ3) is 6.04. The van der Waals surface area contributed by atoms with E-state index in [1.54, 1.807) is 21.3 Å². The smallest absolute Gasteiger partial charge is 0.203 e. The quantitative estimate of drug-likeness (QED) is 0.329. The third-order valence-corrected chi connectivity index (χ3v) is 5.81. The summed E-state index contributed by atoms with van der Waals surface area (Å²) in [5.74, 6) is 2.75. The molecule has 0 radical (unpaired) electrons. The standard InChI is InChI=1S/C21H34N4O3.HI/c1-22-21(24-16-9-10-25(14-16)17-7-5-6-8-17)23-13-15-11-18(26-2)20(28-4)19(12-15)27-3;/h11-12,16-17H,5-10,13-14H2,1-4H3,(H2,22,23,24);1H. The normalized spacial score (nSPS) is 20.3. The molecule has 7 nitrogen and oxygen atoms in total. The van der Waals surface area contributed by atoms with Crippen LogP contribution in [-0.4, -0.2) is 64.4 Å². The molecule has 1 aliphatic carbocycles. The Kier molecular flexibility index (Phi) is 9.61. The molecule has 1 unspecified atom stereocenters. The number of guanidine groups is 1. The van der Waals surface area contributed by atoms with Gasteiger partial charge in [0.05, 0.1) is 21.3 Å². The van der Waals surface area contributed by atoms with Gasteiger partial charge in [-0.3, -0.25) is 9.89 Å². The molecular formula is C21H35IN4O3. The first-order valence-corrected chi connectivity index (χ1v) is 10.2. The summed E-state index contributed by atoms with van der Waals surface area (Å²) in [5.41, 5.74) is 1.04. The van der Waals surface area contributed by atoms with Crippen LogP contribution < -0.4 is 24.8 Å². The molecule has 3 rings (SSSR count). The van der Waals surface area contributed by atoms with Crippen molar-refractivity contribution in [3.8, 4) is 17.2 Å². The van der Waals surface area contributed by atoms with Gasteiger partial charge in [-0.1, -0.05) is 12.8 Å². The zero-order valence-electron chi connectivity index (χ0n) is 18.0. The lowest BCUT2D eigenvalue weighted by atomic mass is 10.2. The second kappa shape index (κ2) is 11.7. The fourth-order valence-corrected chi connectivity index (χ4v) is 4.32. The minimum Gasteiger partial charge on any atom is -0.493 e. The zero-order chi connectivity index (χ0) is 19.9. The summed E-state index contributed by atoms with van der Waals surface area (Å²) in [6.07, 6.45) is 6.66. The minimum atomic E-state index is 0. The van der Waals surface area contributed by atoms with E-state index in [1.165, 1.54) is 38.6 Å². The van der Waals surface area contributed by atoms with E-state index in [0.717, 1.165) is 24.1 Å². The molecule has 0 spiro atoms. The Bertz CT molecular complexity index is 655. The number of ether oxygens (including phenoxy) is 3. The molecule has 1 saturated carbocycles. The van der Waals surface area contributed by atoms with Crippen molar-refractivity contribution in [1.29, 1.82) is 0 Å². The molecule has 2 aliphatic rings. The summed E-state index contributed by atoms with van der Waals surface area (Å²) < 4.78 is 16.3. The van der Waals surface area contributed by atoms with Crippen molar-refractivity contribution in [3.05, 3.63) is 17.7 Å². The molecule has 1 aromatic carbocycles. The van der Waals surface area contributed by atoms with Crippen LogP contribution in [0.5, 0.6) is 17.2 Å². The first-order valence-electron chi connectivity index (χ1n) is 10.2. The molecule has 0 bridgehead atoms. The van der Waals surface area contributed by atoms with Gasteiger partial charge in [-0.25, -0.2) is 0 Å². The molecule has 0 aromatic heterocycles.